The van der Waals surface area contributed by atoms with Crippen molar-refractivity contribution in [2.24, 2.45) is 0 Å². The zero-order chi connectivity index (χ0) is 46.0. The highest BCUT2D eigenvalue weighted by atomic mass is 16.6. The number of hydrogen-bond donors (Lipinski definition) is 2. The summed E-state index contributed by atoms with van der Waals surface area (Å²) in [5, 5.41) is 22.4. The van der Waals surface area contributed by atoms with Gasteiger partial charge in [-0.05, 0) is 61.5 Å². The fourth-order valence-corrected chi connectivity index (χ4v) is 7.69. The zero-order valence-corrected chi connectivity index (χ0v) is 40.9. The Labute approximate surface area is 371 Å². The number of unbranched alkanes of at least 4 members (excludes halogenated alkanes) is 14. The first-order valence-corrected chi connectivity index (χ1v) is 23.6. The van der Waals surface area contributed by atoms with Gasteiger partial charge in [-0.2, -0.15) is 0 Å². The normalized spacial score (nSPS) is 12.9. The molecule has 1 unspecified atom stereocenters. The molecule has 8 nitrogen and oxygen atoms in total. The number of phenolic OH excluding ortho intramolecular Hbond substituents is 2. The van der Waals surface area contributed by atoms with Crippen LogP contribution in [0.3, 0.4) is 0 Å². The molecule has 346 valence electrons. The molecule has 0 bridgehead atoms. The highest BCUT2D eigenvalue weighted by Crippen LogP contribution is 2.41. The molecule has 0 heterocycles. The van der Waals surface area contributed by atoms with Crippen molar-refractivity contribution < 1.29 is 38.8 Å². The minimum Gasteiger partial charge on any atom is -0.507 e. The van der Waals surface area contributed by atoms with Crippen LogP contribution in [0, 0.1) is 0 Å². The second-order valence-corrected chi connectivity index (χ2v) is 21.6. The van der Waals surface area contributed by atoms with Crippen LogP contribution < -0.4 is 0 Å². The Morgan fingerprint density at radius 1 is 0.459 bits per heavy atom. The smallest absolute Gasteiger partial charge is 0.310 e. The van der Waals surface area contributed by atoms with E-state index in [0.29, 0.717) is 11.1 Å². The minimum atomic E-state index is -1.02. The lowest BCUT2D eigenvalue weighted by Gasteiger charge is -2.28. The van der Waals surface area contributed by atoms with E-state index < -0.39 is 18.0 Å². The first-order valence-electron chi connectivity index (χ1n) is 23.6. The van der Waals surface area contributed by atoms with Crippen molar-refractivity contribution >= 4 is 17.9 Å². The van der Waals surface area contributed by atoms with Gasteiger partial charge in [0.1, 0.15) is 24.7 Å². The second kappa shape index (κ2) is 24.9. The van der Waals surface area contributed by atoms with Gasteiger partial charge in [-0.25, -0.2) is 0 Å². The molecule has 0 aliphatic rings. The predicted octanol–water partition coefficient (Wildman–Crippen LogP) is 13.3. The van der Waals surface area contributed by atoms with Crippen LogP contribution in [0.2, 0.25) is 0 Å². The summed E-state index contributed by atoms with van der Waals surface area (Å²) in [6.45, 7) is 25.9. The first-order chi connectivity index (χ1) is 28.3. The average Bonchev–Trinajstić information content (AvgIpc) is 3.13. The third-order valence-corrected chi connectivity index (χ3v) is 11.4. The largest absolute Gasteiger partial charge is 0.507 e. The Kier molecular flexibility index (Phi) is 21.9. The van der Waals surface area contributed by atoms with E-state index in [-0.39, 0.29) is 71.6 Å². The van der Waals surface area contributed by atoms with Gasteiger partial charge in [0.15, 0.2) is 6.10 Å². The number of carbonyl (C=O) groups excluding carboxylic acids is 3. The molecule has 0 saturated heterocycles. The third kappa shape index (κ3) is 20.0. The van der Waals surface area contributed by atoms with Crippen LogP contribution in [0.1, 0.15) is 226 Å². The average molecular weight is 851 g/mol. The van der Waals surface area contributed by atoms with Gasteiger partial charge < -0.3 is 24.4 Å². The van der Waals surface area contributed by atoms with E-state index in [2.05, 4.69) is 6.92 Å². The molecule has 2 N–H and O–H groups in total. The third-order valence-electron chi connectivity index (χ3n) is 11.4. The molecule has 1 atom stereocenters. The van der Waals surface area contributed by atoms with Crippen LogP contribution in [0.15, 0.2) is 24.3 Å². The quantitative estimate of drug-likeness (QED) is 0.0576. The molecular weight excluding hydrogens is 765 g/mol. The van der Waals surface area contributed by atoms with Crippen molar-refractivity contribution in [3.8, 4) is 11.5 Å². The SMILES string of the molecule is CCCCCCCCCCCCCCCCCC(=O)OCC(COC(=O)Cc1cc(C(C)(C)C)c(O)c(C(C)(C)C)c1)OC(=O)Cc1cc(C(C)(C)C)c(O)c(C(C)(C)C)c1. The van der Waals surface area contributed by atoms with Gasteiger partial charge in [0, 0.05) is 6.42 Å². The minimum absolute atomic E-state index is 0.0508. The molecule has 0 aliphatic carbocycles. The van der Waals surface area contributed by atoms with Gasteiger partial charge >= 0.3 is 17.9 Å². The maximum atomic E-state index is 13.5. The van der Waals surface area contributed by atoms with Gasteiger partial charge in [0.2, 0.25) is 0 Å². The van der Waals surface area contributed by atoms with Crippen LogP contribution in [-0.2, 0) is 63.1 Å². The van der Waals surface area contributed by atoms with Gasteiger partial charge in [-0.3, -0.25) is 14.4 Å². The molecule has 0 aromatic heterocycles. The Hall–Kier alpha value is -3.55. The summed E-state index contributed by atoms with van der Waals surface area (Å²) >= 11 is 0. The fraction of sp³-hybridized carbons (Fsp3) is 0.717. The van der Waals surface area contributed by atoms with Crippen molar-refractivity contribution in [2.45, 2.75) is 233 Å². The molecule has 0 radical (unpaired) electrons. The number of carbonyl (C=O) groups is 3. The number of ether oxygens (including phenoxy) is 3. The molecule has 0 spiro atoms. The topological polar surface area (TPSA) is 119 Å². The number of hydrogen-bond acceptors (Lipinski definition) is 8. The monoisotopic (exact) mass is 851 g/mol. The van der Waals surface area contributed by atoms with Crippen LogP contribution in [0.4, 0.5) is 0 Å². The standard InChI is InChI=1S/C53H86O8/c1-14-15-16-17-18-19-20-21-22-23-24-25-26-27-28-29-45(54)59-36-40(61-47(56)35-39-32-43(52(8,9)10)49(58)44(33-39)53(11,12)13)37-60-46(55)34-38-30-41(50(2,3)4)48(57)42(31-38)51(5,6)7/h30-33,40,57-58H,14-29,34-37H2,1-13H3. The maximum absolute atomic E-state index is 13.5. The summed E-state index contributed by atoms with van der Waals surface area (Å²) in [5.74, 6) is -1.01. The van der Waals surface area contributed by atoms with E-state index in [0.717, 1.165) is 41.5 Å². The van der Waals surface area contributed by atoms with Crippen molar-refractivity contribution in [3.63, 3.8) is 0 Å². The second-order valence-electron chi connectivity index (χ2n) is 21.6. The molecule has 0 aliphatic heterocycles. The molecule has 8 heteroatoms. The van der Waals surface area contributed by atoms with Gasteiger partial charge in [-0.15, -0.1) is 0 Å². The molecule has 0 fully saturated rings. The van der Waals surface area contributed by atoms with Gasteiger partial charge in [-0.1, -0.05) is 204 Å². The van der Waals surface area contributed by atoms with Crippen LogP contribution in [-0.4, -0.2) is 47.4 Å². The van der Waals surface area contributed by atoms with Gasteiger partial charge in [0.05, 0.1) is 12.8 Å². The summed E-state index contributed by atoms with van der Waals surface area (Å²) in [4.78, 5) is 39.8. The molecular formula is C53H86O8. The summed E-state index contributed by atoms with van der Waals surface area (Å²) in [5.41, 5.74) is 2.88. The van der Waals surface area contributed by atoms with E-state index in [1.165, 1.54) is 77.0 Å². The van der Waals surface area contributed by atoms with E-state index >= 15 is 0 Å². The highest BCUT2D eigenvalue weighted by Gasteiger charge is 2.29. The maximum Gasteiger partial charge on any atom is 0.310 e. The summed E-state index contributed by atoms with van der Waals surface area (Å²) < 4.78 is 17.2. The Balaban J connectivity index is 2.06. The molecule has 0 saturated carbocycles. The number of aromatic hydroxyl groups is 2. The van der Waals surface area contributed by atoms with Gasteiger partial charge in [0.25, 0.3) is 0 Å². The molecule has 2 aromatic rings. The van der Waals surface area contributed by atoms with Crippen molar-refractivity contribution in [2.75, 3.05) is 13.2 Å². The van der Waals surface area contributed by atoms with Crippen LogP contribution in [0.5, 0.6) is 11.5 Å². The number of phenols is 2. The number of esters is 3. The van der Waals surface area contributed by atoms with E-state index in [1.54, 1.807) is 0 Å². The van der Waals surface area contributed by atoms with E-state index in [9.17, 15) is 24.6 Å². The number of rotatable bonds is 25. The van der Waals surface area contributed by atoms with Crippen LogP contribution >= 0.6 is 0 Å². The summed E-state index contributed by atoms with van der Waals surface area (Å²) in [7, 11) is 0. The lowest BCUT2D eigenvalue weighted by molar-refractivity contribution is -0.166. The molecule has 0 amide bonds. The molecule has 2 aromatic carbocycles. The van der Waals surface area contributed by atoms with Crippen molar-refractivity contribution in [3.05, 3.63) is 57.6 Å². The zero-order valence-electron chi connectivity index (χ0n) is 40.9. The Bertz CT molecular complexity index is 1590. The Morgan fingerprint density at radius 3 is 1.08 bits per heavy atom. The van der Waals surface area contributed by atoms with Crippen molar-refractivity contribution in [1.29, 1.82) is 0 Å². The summed E-state index contributed by atoms with van der Waals surface area (Å²) in [6, 6.07) is 7.37. The lowest BCUT2D eigenvalue weighted by atomic mass is 9.78. The van der Waals surface area contributed by atoms with E-state index in [4.69, 9.17) is 14.2 Å². The fourth-order valence-electron chi connectivity index (χ4n) is 7.69. The summed E-state index contributed by atoms with van der Waals surface area (Å²) in [6.07, 6.45) is 17.7. The first kappa shape index (κ1) is 53.6. The molecule has 61 heavy (non-hydrogen) atoms. The highest BCUT2D eigenvalue weighted by molar-refractivity contribution is 5.75. The molecule has 2 rings (SSSR count). The number of benzene rings is 2. The van der Waals surface area contributed by atoms with Crippen LogP contribution in [0.25, 0.3) is 0 Å². The van der Waals surface area contributed by atoms with E-state index in [1.807, 2.05) is 107 Å². The lowest BCUT2D eigenvalue weighted by Crippen LogP contribution is -2.32. The Morgan fingerprint density at radius 2 is 0.754 bits per heavy atom. The van der Waals surface area contributed by atoms with Crippen molar-refractivity contribution in [1.82, 2.24) is 0 Å². The predicted molar refractivity (Wildman–Crippen MR) is 250 cm³/mol.